The fourth-order valence-corrected chi connectivity index (χ4v) is 4.25. The maximum Gasteiger partial charge on any atom is 0.303 e. The number of sulfonamides is 1. The Morgan fingerprint density at radius 2 is 2.00 bits per heavy atom. The number of nitrogens with one attached hydrogen (secondary N) is 1. The third-order valence-electron chi connectivity index (χ3n) is 4.30. The second-order valence-electron chi connectivity index (χ2n) is 6.42. The zero-order valence-corrected chi connectivity index (χ0v) is 14.8. The maximum absolute atomic E-state index is 12.4. The van der Waals surface area contributed by atoms with E-state index in [0.29, 0.717) is 17.2 Å². The van der Waals surface area contributed by atoms with Crippen LogP contribution >= 0.6 is 0 Å². The molecule has 1 saturated carbocycles. The van der Waals surface area contributed by atoms with E-state index in [2.05, 4.69) is 10.8 Å². The second-order valence-corrected chi connectivity index (χ2v) is 8.13. The first-order valence-corrected chi connectivity index (χ1v) is 9.82. The molecule has 1 aliphatic carbocycles. The molecule has 132 valence electrons. The van der Waals surface area contributed by atoms with E-state index in [1.165, 1.54) is 0 Å². The summed E-state index contributed by atoms with van der Waals surface area (Å²) in [5.41, 5.74) is 1.03. The molecule has 2 N–H and O–H groups in total. The van der Waals surface area contributed by atoms with Crippen molar-refractivity contribution in [3.63, 3.8) is 0 Å². The lowest BCUT2D eigenvalue weighted by Crippen LogP contribution is -2.32. The first kappa shape index (κ1) is 18.7. The fraction of sp³-hybridized carbons (Fsp3) is 0.500. The summed E-state index contributed by atoms with van der Waals surface area (Å²) in [5, 5.41) is 8.59. The molecule has 0 heterocycles. The number of unbranched alkanes of at least 4 members (excludes halogenated alkanes) is 1. The number of carboxylic acids is 1. The highest BCUT2D eigenvalue weighted by molar-refractivity contribution is 7.89. The van der Waals surface area contributed by atoms with Crippen LogP contribution in [0.5, 0.6) is 0 Å². The molecule has 6 heteroatoms. The quantitative estimate of drug-likeness (QED) is 0.556. The zero-order valence-electron chi connectivity index (χ0n) is 13.9. The van der Waals surface area contributed by atoms with Crippen LogP contribution in [0.15, 0.2) is 41.3 Å². The van der Waals surface area contributed by atoms with Crippen LogP contribution in [0.3, 0.4) is 0 Å². The van der Waals surface area contributed by atoms with E-state index in [4.69, 9.17) is 5.11 Å². The molecule has 0 radical (unpaired) electrons. The van der Waals surface area contributed by atoms with E-state index in [1.807, 2.05) is 13.0 Å². The topological polar surface area (TPSA) is 83.5 Å². The van der Waals surface area contributed by atoms with Crippen molar-refractivity contribution in [3.05, 3.63) is 42.0 Å². The Morgan fingerprint density at radius 3 is 2.67 bits per heavy atom. The van der Waals surface area contributed by atoms with Crippen LogP contribution in [-0.4, -0.2) is 25.5 Å². The maximum atomic E-state index is 12.4. The van der Waals surface area contributed by atoms with Gasteiger partial charge in [0.25, 0.3) is 0 Å². The molecule has 5 nitrogen and oxygen atoms in total. The molecule has 0 unspecified atom stereocenters. The number of aryl methyl sites for hydroxylation is 1. The molecule has 0 aromatic heterocycles. The van der Waals surface area contributed by atoms with E-state index < -0.39 is 16.0 Å². The lowest BCUT2D eigenvalue weighted by Gasteiger charge is -2.13. The number of hydrogen-bond donors (Lipinski definition) is 2. The third kappa shape index (κ3) is 5.76. The van der Waals surface area contributed by atoms with Crippen LogP contribution < -0.4 is 4.72 Å². The molecule has 1 fully saturated rings. The van der Waals surface area contributed by atoms with E-state index in [1.54, 1.807) is 24.3 Å². The minimum absolute atomic E-state index is 0.0371. The summed E-state index contributed by atoms with van der Waals surface area (Å²) in [6.45, 7) is 1.92. The van der Waals surface area contributed by atoms with Gasteiger partial charge in [0.1, 0.15) is 0 Å². The minimum atomic E-state index is -3.46. The van der Waals surface area contributed by atoms with E-state index >= 15 is 0 Å². The van der Waals surface area contributed by atoms with Crippen LogP contribution in [0, 0.1) is 12.8 Å². The van der Waals surface area contributed by atoms with Gasteiger partial charge in [-0.25, -0.2) is 13.1 Å². The monoisotopic (exact) mass is 351 g/mol. The Kier molecular flexibility index (Phi) is 6.57. The molecule has 0 bridgehead atoms. The number of benzene rings is 1. The normalized spacial score (nSPS) is 21.4. The molecule has 24 heavy (non-hydrogen) atoms. The van der Waals surface area contributed by atoms with Crippen LogP contribution in [0.4, 0.5) is 0 Å². The third-order valence-corrected chi connectivity index (χ3v) is 5.83. The summed E-state index contributed by atoms with van der Waals surface area (Å²) in [6, 6.07) is 6.82. The highest BCUT2D eigenvalue weighted by atomic mass is 32.2. The van der Waals surface area contributed by atoms with Gasteiger partial charge in [-0.05, 0) is 57.1 Å². The number of carbonyl (C=O) groups is 1. The molecule has 0 aliphatic heterocycles. The van der Waals surface area contributed by atoms with Crippen LogP contribution in [0.2, 0.25) is 0 Å². The summed E-state index contributed by atoms with van der Waals surface area (Å²) >= 11 is 0. The first-order chi connectivity index (χ1) is 11.4. The van der Waals surface area contributed by atoms with Crippen molar-refractivity contribution in [2.24, 2.45) is 5.92 Å². The second kappa shape index (κ2) is 8.44. The average molecular weight is 351 g/mol. The number of carboxylic acid groups (broad SMARTS) is 1. The number of aliphatic carboxylic acids is 1. The molecule has 0 spiro atoms. The van der Waals surface area contributed by atoms with Gasteiger partial charge in [0.15, 0.2) is 0 Å². The Labute approximate surface area is 143 Å². The molecule has 1 aromatic carbocycles. The van der Waals surface area contributed by atoms with Gasteiger partial charge in [-0.2, -0.15) is 0 Å². The van der Waals surface area contributed by atoms with Crippen molar-refractivity contribution in [1.29, 1.82) is 0 Å². The Morgan fingerprint density at radius 1 is 1.29 bits per heavy atom. The predicted octanol–water partition coefficient (Wildman–Crippen LogP) is 3.25. The Hall–Kier alpha value is -1.66. The first-order valence-electron chi connectivity index (χ1n) is 8.34. The molecule has 1 aliphatic rings. The van der Waals surface area contributed by atoms with Crippen molar-refractivity contribution >= 4 is 16.0 Å². The standard InChI is InChI=1S/C18H25NO4S/c1-14-7-11-17(12-8-14)24(22,23)19-16-10-9-15(13-16)5-3-2-4-6-18(20)21/h3,5,7-8,11-12,15-16,19H,2,4,6,9-10,13H2,1H3,(H,20,21)/b5-3-/t15-,16+/m1/s1. The fourth-order valence-electron chi connectivity index (χ4n) is 2.96. The summed E-state index contributed by atoms with van der Waals surface area (Å²) < 4.78 is 27.6. The molecular formula is C18H25NO4S. The van der Waals surface area contributed by atoms with E-state index in [0.717, 1.165) is 31.2 Å². The van der Waals surface area contributed by atoms with Crippen molar-refractivity contribution in [2.75, 3.05) is 0 Å². The molecule has 2 atom stereocenters. The van der Waals surface area contributed by atoms with E-state index in [9.17, 15) is 13.2 Å². The van der Waals surface area contributed by atoms with Gasteiger partial charge in [0.05, 0.1) is 4.90 Å². The van der Waals surface area contributed by atoms with Gasteiger partial charge in [-0.1, -0.05) is 29.8 Å². The van der Waals surface area contributed by atoms with Crippen LogP contribution in [0.25, 0.3) is 0 Å². The van der Waals surface area contributed by atoms with Crippen LogP contribution in [-0.2, 0) is 14.8 Å². The van der Waals surface area contributed by atoms with Gasteiger partial charge in [-0.15, -0.1) is 0 Å². The lowest BCUT2D eigenvalue weighted by atomic mass is 10.1. The molecule has 1 aromatic rings. The van der Waals surface area contributed by atoms with Gasteiger partial charge < -0.3 is 5.11 Å². The van der Waals surface area contributed by atoms with Crippen LogP contribution in [0.1, 0.15) is 44.1 Å². The number of allylic oxidation sites excluding steroid dienone is 2. The molecule has 2 rings (SSSR count). The molecular weight excluding hydrogens is 326 g/mol. The Bertz CT molecular complexity index is 679. The SMILES string of the molecule is Cc1ccc(S(=O)(=O)N[C@H]2CC[C@@H](/C=C\CCCC(=O)O)C2)cc1. The lowest BCUT2D eigenvalue weighted by molar-refractivity contribution is -0.137. The summed E-state index contributed by atoms with van der Waals surface area (Å²) in [4.78, 5) is 10.7. The number of rotatable bonds is 8. The highest BCUT2D eigenvalue weighted by Gasteiger charge is 2.27. The molecule has 0 saturated heterocycles. The number of hydrogen-bond acceptors (Lipinski definition) is 3. The Balaban J connectivity index is 1.81. The average Bonchev–Trinajstić information content (AvgIpc) is 2.93. The summed E-state index contributed by atoms with van der Waals surface area (Å²) in [5.74, 6) is -0.407. The van der Waals surface area contributed by atoms with Crippen molar-refractivity contribution < 1.29 is 18.3 Å². The van der Waals surface area contributed by atoms with Gasteiger partial charge in [0, 0.05) is 12.5 Å². The van der Waals surface area contributed by atoms with Crippen molar-refractivity contribution in [3.8, 4) is 0 Å². The largest absolute Gasteiger partial charge is 0.481 e. The van der Waals surface area contributed by atoms with Gasteiger partial charge in [-0.3, -0.25) is 4.79 Å². The molecule has 0 amide bonds. The predicted molar refractivity (Wildman–Crippen MR) is 93.3 cm³/mol. The zero-order chi connectivity index (χ0) is 17.6. The minimum Gasteiger partial charge on any atom is -0.481 e. The van der Waals surface area contributed by atoms with E-state index in [-0.39, 0.29) is 12.5 Å². The van der Waals surface area contributed by atoms with Crippen molar-refractivity contribution in [1.82, 2.24) is 4.72 Å². The van der Waals surface area contributed by atoms with Crippen molar-refractivity contribution in [2.45, 2.75) is 56.4 Å². The smallest absolute Gasteiger partial charge is 0.303 e. The summed E-state index contributed by atoms with van der Waals surface area (Å²) in [7, 11) is -3.46. The summed E-state index contributed by atoms with van der Waals surface area (Å²) in [6.07, 6.45) is 8.28. The highest BCUT2D eigenvalue weighted by Crippen LogP contribution is 2.28. The van der Waals surface area contributed by atoms with Gasteiger partial charge >= 0.3 is 5.97 Å². The van der Waals surface area contributed by atoms with Gasteiger partial charge in [0.2, 0.25) is 10.0 Å².